The lowest BCUT2D eigenvalue weighted by Crippen LogP contribution is -2.18. The highest BCUT2D eigenvalue weighted by molar-refractivity contribution is 6.30. The zero-order valence-electron chi connectivity index (χ0n) is 8.26. The summed E-state index contributed by atoms with van der Waals surface area (Å²) in [5.74, 6) is 0.411. The lowest BCUT2D eigenvalue weighted by atomic mass is 10.0. The minimum absolute atomic E-state index is 0.118. The summed E-state index contributed by atoms with van der Waals surface area (Å²) in [7, 11) is 0. The van der Waals surface area contributed by atoms with Crippen molar-refractivity contribution < 1.29 is 0 Å². The molecule has 74 valence electrons. The van der Waals surface area contributed by atoms with E-state index in [1.165, 1.54) is 0 Å². The number of nitrogens with zero attached hydrogens (tertiary/aromatic N) is 1. The topological polar surface area (TPSA) is 54.7 Å². The van der Waals surface area contributed by atoms with Crippen molar-refractivity contribution >= 4 is 11.6 Å². The largest absolute Gasteiger partial charge is 0.328 e. The molecule has 3 nitrogen and oxygen atoms in total. The van der Waals surface area contributed by atoms with E-state index in [2.05, 4.69) is 24.0 Å². The second kappa shape index (κ2) is 4.11. The number of rotatable bonds is 3. The number of H-pyrrole nitrogens is 1. The van der Waals surface area contributed by atoms with Crippen molar-refractivity contribution in [3.63, 3.8) is 0 Å². The number of nitrogens with one attached hydrogen (secondary N) is 1. The summed E-state index contributed by atoms with van der Waals surface area (Å²) in [5.41, 5.74) is 7.88. The van der Waals surface area contributed by atoms with E-state index in [4.69, 9.17) is 17.3 Å². The van der Waals surface area contributed by atoms with E-state index >= 15 is 0 Å². The first-order chi connectivity index (χ1) is 6.02. The van der Waals surface area contributed by atoms with Gasteiger partial charge in [-0.05, 0) is 19.3 Å². The highest BCUT2D eigenvalue weighted by Gasteiger charge is 2.14. The van der Waals surface area contributed by atoms with Gasteiger partial charge in [0.2, 0.25) is 0 Å². The molecule has 0 saturated carbocycles. The fourth-order valence-electron chi connectivity index (χ4n) is 1.35. The van der Waals surface area contributed by atoms with Crippen LogP contribution in [0.1, 0.15) is 37.9 Å². The maximum Gasteiger partial charge on any atom is 0.154 e. The minimum atomic E-state index is 0.118. The van der Waals surface area contributed by atoms with Crippen LogP contribution in [0.2, 0.25) is 5.15 Å². The molecule has 13 heavy (non-hydrogen) atoms. The molecule has 0 fully saturated rings. The van der Waals surface area contributed by atoms with Gasteiger partial charge in [-0.15, -0.1) is 0 Å². The third-order valence-corrected chi connectivity index (χ3v) is 2.26. The Kier molecular flexibility index (Phi) is 3.33. The standard InChI is InChI=1S/C9H16ClN3/c1-5(2)8-7(4-6(3)11)9(10)13-12-8/h5-6H,4,11H2,1-3H3,(H,12,13). The van der Waals surface area contributed by atoms with Gasteiger partial charge in [0.25, 0.3) is 0 Å². The van der Waals surface area contributed by atoms with Crippen LogP contribution >= 0.6 is 11.6 Å². The number of hydrogen-bond acceptors (Lipinski definition) is 2. The zero-order chi connectivity index (χ0) is 10.0. The van der Waals surface area contributed by atoms with E-state index in [1.54, 1.807) is 0 Å². The predicted molar refractivity (Wildman–Crippen MR) is 55.0 cm³/mol. The molecule has 1 atom stereocenters. The highest BCUT2D eigenvalue weighted by atomic mass is 35.5. The Morgan fingerprint density at radius 1 is 1.46 bits per heavy atom. The van der Waals surface area contributed by atoms with Gasteiger partial charge in [0, 0.05) is 17.3 Å². The van der Waals surface area contributed by atoms with Crippen molar-refractivity contribution in [1.29, 1.82) is 0 Å². The van der Waals surface area contributed by atoms with E-state index in [0.29, 0.717) is 11.1 Å². The van der Waals surface area contributed by atoms with Crippen LogP contribution in [-0.4, -0.2) is 16.2 Å². The first kappa shape index (κ1) is 10.5. The lowest BCUT2D eigenvalue weighted by molar-refractivity contribution is 0.717. The molecule has 1 aromatic rings. The van der Waals surface area contributed by atoms with E-state index < -0.39 is 0 Å². The van der Waals surface area contributed by atoms with Crippen molar-refractivity contribution in [2.45, 2.75) is 39.2 Å². The normalized spacial score (nSPS) is 13.7. The summed E-state index contributed by atoms with van der Waals surface area (Å²) in [5, 5.41) is 7.47. The molecule has 0 bridgehead atoms. The summed E-state index contributed by atoms with van der Waals surface area (Å²) in [6.45, 7) is 6.18. The molecule has 3 N–H and O–H groups in total. The van der Waals surface area contributed by atoms with Gasteiger partial charge in [0.1, 0.15) is 0 Å². The van der Waals surface area contributed by atoms with Crippen LogP contribution in [-0.2, 0) is 6.42 Å². The van der Waals surface area contributed by atoms with Gasteiger partial charge < -0.3 is 5.73 Å². The SMILES string of the molecule is CC(N)Cc1c(Cl)n[nH]c1C(C)C. The summed E-state index contributed by atoms with van der Waals surface area (Å²) in [4.78, 5) is 0. The van der Waals surface area contributed by atoms with Crippen LogP contribution in [0.15, 0.2) is 0 Å². The van der Waals surface area contributed by atoms with Crippen LogP contribution in [0.25, 0.3) is 0 Å². The number of nitrogens with two attached hydrogens (primary N) is 1. The molecule has 1 heterocycles. The molecule has 0 saturated heterocycles. The van der Waals surface area contributed by atoms with Crippen LogP contribution in [0.4, 0.5) is 0 Å². The van der Waals surface area contributed by atoms with E-state index in [0.717, 1.165) is 17.7 Å². The summed E-state index contributed by atoms with van der Waals surface area (Å²) < 4.78 is 0. The number of aromatic nitrogens is 2. The summed E-state index contributed by atoms with van der Waals surface area (Å²) in [6, 6.07) is 0.118. The van der Waals surface area contributed by atoms with Crippen molar-refractivity contribution in [3.8, 4) is 0 Å². The van der Waals surface area contributed by atoms with Crippen molar-refractivity contribution in [2.24, 2.45) is 5.73 Å². The molecule has 0 aliphatic carbocycles. The Labute approximate surface area is 83.7 Å². The van der Waals surface area contributed by atoms with E-state index in [-0.39, 0.29) is 6.04 Å². The first-order valence-corrected chi connectivity index (χ1v) is 4.88. The third-order valence-electron chi connectivity index (χ3n) is 1.95. The lowest BCUT2D eigenvalue weighted by Gasteiger charge is -2.08. The van der Waals surface area contributed by atoms with Gasteiger partial charge in [-0.1, -0.05) is 25.4 Å². The third kappa shape index (κ3) is 2.45. The first-order valence-electron chi connectivity index (χ1n) is 4.50. The average Bonchev–Trinajstić information content (AvgIpc) is 2.32. The Bertz CT molecular complexity index is 278. The fourth-order valence-corrected chi connectivity index (χ4v) is 1.57. The van der Waals surface area contributed by atoms with Gasteiger partial charge in [-0.2, -0.15) is 5.10 Å². The highest BCUT2D eigenvalue weighted by Crippen LogP contribution is 2.24. The van der Waals surface area contributed by atoms with Gasteiger partial charge in [0.05, 0.1) is 0 Å². The molecule has 1 aromatic heterocycles. The number of hydrogen-bond donors (Lipinski definition) is 2. The van der Waals surface area contributed by atoms with Gasteiger partial charge in [0.15, 0.2) is 5.15 Å². The predicted octanol–water partition coefficient (Wildman–Crippen LogP) is 2.08. The van der Waals surface area contributed by atoms with Crippen molar-refractivity contribution in [1.82, 2.24) is 10.2 Å². The van der Waals surface area contributed by atoms with Crippen molar-refractivity contribution in [2.75, 3.05) is 0 Å². The van der Waals surface area contributed by atoms with E-state index in [9.17, 15) is 0 Å². The maximum atomic E-state index is 5.94. The van der Waals surface area contributed by atoms with Crippen LogP contribution < -0.4 is 5.73 Å². The Balaban J connectivity index is 2.94. The fraction of sp³-hybridized carbons (Fsp3) is 0.667. The number of aromatic amines is 1. The second-order valence-corrected chi connectivity index (χ2v) is 4.10. The molecule has 0 aliphatic heterocycles. The second-order valence-electron chi connectivity index (χ2n) is 3.74. The number of halogens is 1. The Hall–Kier alpha value is -0.540. The average molecular weight is 202 g/mol. The maximum absolute atomic E-state index is 5.94. The molecule has 4 heteroatoms. The van der Waals surface area contributed by atoms with Crippen LogP contribution in [0.3, 0.4) is 0 Å². The smallest absolute Gasteiger partial charge is 0.154 e. The molecule has 1 unspecified atom stereocenters. The van der Waals surface area contributed by atoms with Crippen LogP contribution in [0, 0.1) is 0 Å². The quantitative estimate of drug-likeness (QED) is 0.787. The Morgan fingerprint density at radius 2 is 2.08 bits per heavy atom. The van der Waals surface area contributed by atoms with Gasteiger partial charge in [-0.3, -0.25) is 5.10 Å². The molecule has 1 rings (SSSR count). The minimum Gasteiger partial charge on any atom is -0.328 e. The monoisotopic (exact) mass is 201 g/mol. The van der Waals surface area contributed by atoms with Gasteiger partial charge >= 0.3 is 0 Å². The van der Waals surface area contributed by atoms with Gasteiger partial charge in [-0.25, -0.2) is 0 Å². The molecular weight excluding hydrogens is 186 g/mol. The van der Waals surface area contributed by atoms with Crippen LogP contribution in [0.5, 0.6) is 0 Å². The molecular formula is C9H16ClN3. The molecule has 0 aliphatic rings. The molecule has 0 amide bonds. The Morgan fingerprint density at radius 3 is 2.54 bits per heavy atom. The molecule has 0 radical (unpaired) electrons. The summed E-state index contributed by atoms with van der Waals surface area (Å²) >= 11 is 5.94. The summed E-state index contributed by atoms with van der Waals surface area (Å²) in [6.07, 6.45) is 0.781. The molecule has 0 spiro atoms. The van der Waals surface area contributed by atoms with Crippen molar-refractivity contribution in [3.05, 3.63) is 16.4 Å². The molecule has 0 aromatic carbocycles. The zero-order valence-corrected chi connectivity index (χ0v) is 9.02. The van der Waals surface area contributed by atoms with E-state index in [1.807, 2.05) is 6.92 Å².